The van der Waals surface area contributed by atoms with Crippen molar-refractivity contribution in [3.63, 3.8) is 0 Å². The van der Waals surface area contributed by atoms with E-state index in [0.29, 0.717) is 40.2 Å². The van der Waals surface area contributed by atoms with Crippen LogP contribution in [-0.4, -0.2) is 140 Å². The van der Waals surface area contributed by atoms with Crippen molar-refractivity contribution in [2.45, 2.75) is 189 Å². The molecule has 3 saturated heterocycles. The fraction of sp³-hybridized carbons (Fsp3) is 0.628. The summed E-state index contributed by atoms with van der Waals surface area (Å²) in [5.41, 5.74) is 4.18. The first-order chi connectivity index (χ1) is 49.7. The first-order valence-corrected chi connectivity index (χ1v) is 38.9. The molecule has 3 aliphatic heterocycles. The van der Waals surface area contributed by atoms with Gasteiger partial charge in [-0.15, -0.1) is 11.6 Å². The molecule has 6 atom stereocenters. The summed E-state index contributed by atoms with van der Waals surface area (Å²) in [6.45, 7) is 14.0. The molecule has 24 rings (SSSR count). The number of rotatable bonds is 11. The van der Waals surface area contributed by atoms with Crippen molar-refractivity contribution in [1.82, 2.24) is 93.8 Å². The van der Waals surface area contributed by atoms with Crippen molar-refractivity contribution in [2.24, 2.45) is 71.0 Å². The van der Waals surface area contributed by atoms with Gasteiger partial charge >= 0.3 is 0 Å². The smallest absolute Gasteiger partial charge is 0.276 e. The van der Waals surface area contributed by atoms with E-state index in [1.165, 1.54) is 121 Å². The van der Waals surface area contributed by atoms with Crippen LogP contribution < -0.4 is 22.0 Å². The van der Waals surface area contributed by atoms with Gasteiger partial charge in [0, 0.05) is 111 Å². The molecule has 12 saturated carbocycles. The summed E-state index contributed by atoms with van der Waals surface area (Å²) in [5.74, 6) is 16.5. The second-order valence-electron chi connectivity index (χ2n) is 34.0. The van der Waals surface area contributed by atoms with Crippen LogP contribution in [0.1, 0.15) is 206 Å². The van der Waals surface area contributed by atoms with Crippen LogP contribution in [0.5, 0.6) is 0 Å². The van der Waals surface area contributed by atoms with E-state index in [2.05, 4.69) is 101 Å². The largest absolute Gasteiger partial charge is 0.400 e. The number of H-pyrrole nitrogens is 3. The Morgan fingerprint density at radius 3 is 1.19 bits per heavy atom. The predicted octanol–water partition coefficient (Wildman–Crippen LogP) is 10.1. The molecule has 0 amide bonds. The summed E-state index contributed by atoms with van der Waals surface area (Å²) >= 11 is 5.42. The summed E-state index contributed by atoms with van der Waals surface area (Å²) < 4.78 is 5.80. The molecule has 0 spiro atoms. The van der Waals surface area contributed by atoms with Gasteiger partial charge in [-0.2, -0.15) is 15.3 Å². The molecule has 15 fully saturated rings. The maximum atomic E-state index is 13.1. The lowest BCUT2D eigenvalue weighted by Crippen LogP contribution is -2.49. The Morgan fingerprint density at radius 2 is 0.833 bits per heavy atom. The molecule has 0 radical (unpaired) electrons. The number of aliphatic hydroxyl groups excluding tert-OH is 1. The molecular weight excluding hydrogens is 1300 g/mol. The van der Waals surface area contributed by atoms with E-state index in [1.807, 2.05) is 19.6 Å². The van der Waals surface area contributed by atoms with Crippen LogP contribution in [0, 0.1) is 71.0 Å². The van der Waals surface area contributed by atoms with Crippen LogP contribution in [0.4, 0.5) is 0 Å². The average Bonchev–Trinajstić information content (AvgIpc) is 1.40. The molecule has 23 nitrogen and oxygen atoms in total. The normalized spacial score (nSPS) is 34.4. The highest BCUT2D eigenvalue weighted by Crippen LogP contribution is 2.63. The van der Waals surface area contributed by atoms with Gasteiger partial charge in [0.25, 0.3) is 16.7 Å². The highest BCUT2D eigenvalue weighted by molar-refractivity contribution is 6.16. The van der Waals surface area contributed by atoms with Crippen molar-refractivity contribution in [2.75, 3.05) is 46.4 Å². The van der Waals surface area contributed by atoms with Gasteiger partial charge in [0.2, 0.25) is 0 Å². The van der Waals surface area contributed by atoms with Crippen molar-refractivity contribution in [1.29, 1.82) is 0 Å². The number of aliphatic hydroxyl groups is 1. The van der Waals surface area contributed by atoms with Crippen LogP contribution in [0.2, 0.25) is 0 Å². The molecule has 15 aliphatic rings. The Kier molecular flexibility index (Phi) is 18.3. The number of fused-ring (bicyclic) bond motifs is 3. The van der Waals surface area contributed by atoms with Crippen LogP contribution >= 0.6 is 11.6 Å². The van der Waals surface area contributed by atoms with Gasteiger partial charge in [0.1, 0.15) is 40.8 Å². The van der Waals surface area contributed by atoms with Crippen molar-refractivity contribution in [3.8, 4) is 0 Å². The third-order valence-corrected chi connectivity index (χ3v) is 27.0. The number of nitrogens with one attached hydrogen (secondary N) is 4. The SMILES string of the molecule is CC1CN(Cc2ccccc2)CC1c1nn2c(C34CC5CC(CC(C5)C3)C4)ncc2c(=O)[nH]1.CC1CN(Cc2ncccn2)CC1c1nn2c(C34CC5CC(CC(C5)C3)C4)ncc2c(=O)[nH]1.CC1CNCC1c1nn2c(C34CC5CC(CC(C5)C3)C4)ncc2c(=O)[nH]1.CO.ClCc1cnccn1. The topological polar surface area (TPSA) is 279 Å². The van der Waals surface area contributed by atoms with Gasteiger partial charge in [-0.05, 0) is 205 Å². The number of alkyl halides is 1. The lowest BCUT2D eigenvalue weighted by atomic mass is 9.49. The van der Waals surface area contributed by atoms with Crippen molar-refractivity contribution >= 4 is 28.2 Å². The highest BCUT2D eigenvalue weighted by Gasteiger charge is 2.57. The monoisotopic (exact) mass is 1400 g/mol. The minimum atomic E-state index is -0.0690. The highest BCUT2D eigenvalue weighted by atomic mass is 35.5. The molecular formula is C78H100ClN19O4. The molecule has 11 heterocycles. The zero-order chi connectivity index (χ0) is 69.6. The average molecular weight is 1400 g/mol. The third-order valence-electron chi connectivity index (χ3n) is 26.7. The quantitative estimate of drug-likeness (QED) is 0.0753. The summed E-state index contributed by atoms with van der Waals surface area (Å²) in [6.07, 6.45) is 37.4. The molecule has 12 aliphatic carbocycles. The van der Waals surface area contributed by atoms with Gasteiger partial charge in [0.05, 0.1) is 36.7 Å². The van der Waals surface area contributed by atoms with E-state index in [9.17, 15) is 14.4 Å². The second-order valence-corrected chi connectivity index (χ2v) is 34.3. The standard InChI is InChI=1S/C27H33N5O.C25H31N7O.C20H27N5O.C5H5ClN2.CH4O/c1-17-14-31(15-18-5-3-2-4-6-18)16-22(17)24-29-25(33)23-13-28-26(32(23)30-24)27-10-19-7-20(11-27)9-21(8-19)12-27;1-15-12-31(14-21-26-3-2-4-27-21)13-19(15)22-29-23(33)20-11-28-24(32(20)30-22)25-8-16-5-17(9-25)7-18(6-16)10-25;1-11-8-21-9-15(11)17-23-18(26)16-10-22-19(25(16)24-17)20-5-12-2-13(6-20)4-14(3-12)7-20;6-3-5-4-7-1-2-8-5;1-2/h2-6,13,17,19-22H,7-12,14-16H2,1H3,(H,29,30,33);2-4,11,15-19H,5-10,12-14H2,1H3,(H,29,30,33);10-15,21H,2-9H2,1H3,(H,23,24,26);1-2,4H,3H2;2H,1H3. The molecule has 6 unspecified atom stereocenters. The van der Waals surface area contributed by atoms with Crippen molar-refractivity contribution in [3.05, 3.63) is 169 Å². The summed E-state index contributed by atoms with van der Waals surface area (Å²) in [6, 6.07) is 12.5. The Balaban J connectivity index is 0.000000107. The first-order valence-electron chi connectivity index (χ1n) is 38.3. The molecule has 5 N–H and O–H groups in total. The van der Waals surface area contributed by atoms with Crippen molar-refractivity contribution < 1.29 is 5.11 Å². The third kappa shape index (κ3) is 12.8. The number of benzene rings is 1. The predicted molar refractivity (Wildman–Crippen MR) is 388 cm³/mol. The van der Waals surface area contributed by atoms with Gasteiger partial charge in [0.15, 0.2) is 16.6 Å². The molecule has 12 bridgehead atoms. The number of likely N-dealkylation sites (tertiary alicyclic amines) is 2. The summed E-state index contributed by atoms with van der Waals surface area (Å²) in [7, 11) is 1.00. The fourth-order valence-electron chi connectivity index (χ4n) is 23.6. The van der Waals surface area contributed by atoms with Crippen LogP contribution in [0.25, 0.3) is 16.6 Å². The Bertz CT molecular complexity index is 4350. The number of hydrogen-bond donors (Lipinski definition) is 5. The van der Waals surface area contributed by atoms with E-state index in [0.717, 1.165) is 159 Å². The number of halogens is 1. The minimum Gasteiger partial charge on any atom is -0.400 e. The molecule has 1 aromatic carbocycles. The number of imidazole rings is 3. The number of hydrogen-bond acceptors (Lipinski definition) is 17. The van der Waals surface area contributed by atoms with E-state index in [4.69, 9.17) is 47.0 Å². The lowest BCUT2D eigenvalue weighted by Gasteiger charge is -2.56. The Labute approximate surface area is 599 Å². The van der Waals surface area contributed by atoms with E-state index >= 15 is 0 Å². The first kappa shape index (κ1) is 67.7. The van der Waals surface area contributed by atoms with Gasteiger partial charge in [-0.1, -0.05) is 51.1 Å². The molecule has 8 aromatic heterocycles. The Morgan fingerprint density at radius 1 is 0.441 bits per heavy atom. The zero-order valence-corrected chi connectivity index (χ0v) is 60.3. The van der Waals surface area contributed by atoms with Gasteiger partial charge < -0.3 is 25.4 Å². The van der Waals surface area contributed by atoms with Gasteiger partial charge in [-0.25, -0.2) is 38.5 Å². The number of nitrogens with zero attached hydrogens (tertiary/aromatic N) is 15. The maximum Gasteiger partial charge on any atom is 0.276 e. The van der Waals surface area contributed by atoms with E-state index < -0.39 is 0 Å². The fourth-order valence-corrected chi connectivity index (χ4v) is 23.8. The van der Waals surface area contributed by atoms with E-state index in [-0.39, 0.29) is 50.7 Å². The Hall–Kier alpha value is -7.44. The minimum absolute atomic E-state index is 0.0439. The van der Waals surface area contributed by atoms with Gasteiger partial charge in [-0.3, -0.25) is 34.2 Å². The maximum absolute atomic E-state index is 13.1. The molecule has 102 heavy (non-hydrogen) atoms. The lowest BCUT2D eigenvalue weighted by molar-refractivity contribution is -0.0102. The molecule has 24 heteroatoms. The number of aromatic amines is 3. The molecule has 538 valence electrons. The summed E-state index contributed by atoms with van der Waals surface area (Å²) in [5, 5.41) is 25.5. The zero-order valence-electron chi connectivity index (χ0n) is 59.6. The molecule has 9 aromatic rings. The second kappa shape index (κ2) is 27.6. The number of aromatic nitrogens is 16. The summed E-state index contributed by atoms with van der Waals surface area (Å²) in [4.78, 5) is 84.1. The van der Waals surface area contributed by atoms with Crippen LogP contribution in [0.15, 0.2) is 100 Å². The van der Waals surface area contributed by atoms with Crippen LogP contribution in [-0.2, 0) is 35.2 Å². The van der Waals surface area contributed by atoms with Crippen LogP contribution in [0.3, 0.4) is 0 Å². The van der Waals surface area contributed by atoms with E-state index in [1.54, 1.807) is 49.6 Å².